The topological polar surface area (TPSA) is 84.0 Å². The molecule has 1 aliphatic carbocycles. The zero-order valence-corrected chi connectivity index (χ0v) is 25.0. The fourth-order valence-electron chi connectivity index (χ4n) is 4.78. The number of aromatic nitrogens is 1. The molecule has 0 amide bonds. The first-order valence-corrected chi connectivity index (χ1v) is 15.3. The quantitative estimate of drug-likeness (QED) is 0.307. The lowest BCUT2D eigenvalue weighted by molar-refractivity contribution is 0.211. The monoisotopic (exact) mass is 626 g/mol. The Morgan fingerprint density at radius 2 is 1.92 bits per heavy atom. The lowest BCUT2D eigenvalue weighted by Crippen LogP contribution is -2.45. The maximum absolute atomic E-state index is 15.6. The number of likely N-dealkylation sites (N-methyl/N-ethyl adjacent to an activating group) is 1. The molecule has 0 saturated heterocycles. The van der Waals surface area contributed by atoms with Gasteiger partial charge in [-0.25, -0.2) is 22.1 Å². The summed E-state index contributed by atoms with van der Waals surface area (Å²) < 4.78 is 55.7. The van der Waals surface area contributed by atoms with Crippen LogP contribution in [0, 0.1) is 5.82 Å². The minimum absolute atomic E-state index is 0.105. The summed E-state index contributed by atoms with van der Waals surface area (Å²) in [5.74, 6) is 0.184. The van der Waals surface area contributed by atoms with E-state index >= 15 is 4.39 Å². The molecule has 206 valence electrons. The van der Waals surface area contributed by atoms with Crippen molar-refractivity contribution in [3.8, 4) is 11.5 Å². The van der Waals surface area contributed by atoms with E-state index in [2.05, 4.69) is 31.1 Å². The minimum Gasteiger partial charge on any atom is -0.497 e. The number of hydrogen-bond acceptors (Lipinski definition) is 8. The molecular formula is C26H32BrFN4O4S2. The number of thiazole rings is 1. The minimum atomic E-state index is -4.34. The van der Waals surface area contributed by atoms with Gasteiger partial charge in [-0.15, -0.1) is 11.3 Å². The van der Waals surface area contributed by atoms with Crippen LogP contribution >= 0.6 is 27.3 Å². The van der Waals surface area contributed by atoms with Gasteiger partial charge in [-0.3, -0.25) is 0 Å². The van der Waals surface area contributed by atoms with Gasteiger partial charge in [0, 0.05) is 39.8 Å². The number of anilines is 2. The van der Waals surface area contributed by atoms with E-state index in [-0.39, 0.29) is 17.7 Å². The van der Waals surface area contributed by atoms with Crippen molar-refractivity contribution in [2.24, 2.45) is 0 Å². The van der Waals surface area contributed by atoms with Crippen LogP contribution in [0.3, 0.4) is 0 Å². The molecule has 0 bridgehead atoms. The number of rotatable bonds is 10. The zero-order valence-electron chi connectivity index (χ0n) is 21.8. The molecule has 38 heavy (non-hydrogen) atoms. The third kappa shape index (κ3) is 6.08. The SMILES string of the molecule is COc1ccc(CN(c2nccs2)S(=O)(=O)c2cc(Br)c(N[C@H]3CCCC[C@@H]3N(C)C)cc2F)c(OC)c1. The predicted molar refractivity (Wildman–Crippen MR) is 152 cm³/mol. The maximum Gasteiger partial charge on any atom is 0.269 e. The Bertz CT molecular complexity index is 1360. The second-order valence-corrected chi connectivity index (χ2v) is 12.9. The number of methoxy groups -OCH3 is 2. The van der Waals surface area contributed by atoms with Gasteiger partial charge in [0.15, 0.2) is 5.13 Å². The summed E-state index contributed by atoms with van der Waals surface area (Å²) in [6.45, 7) is -0.105. The van der Waals surface area contributed by atoms with E-state index < -0.39 is 20.7 Å². The van der Waals surface area contributed by atoms with Gasteiger partial charge in [0.2, 0.25) is 0 Å². The highest BCUT2D eigenvalue weighted by Gasteiger charge is 2.33. The van der Waals surface area contributed by atoms with Gasteiger partial charge in [-0.1, -0.05) is 12.8 Å². The van der Waals surface area contributed by atoms with Crippen LogP contribution < -0.4 is 19.1 Å². The van der Waals surface area contributed by atoms with Crippen molar-refractivity contribution in [2.75, 3.05) is 37.9 Å². The molecule has 1 fully saturated rings. The van der Waals surface area contributed by atoms with Gasteiger partial charge in [0.05, 0.1) is 26.5 Å². The first-order valence-electron chi connectivity index (χ1n) is 12.2. The molecule has 0 spiro atoms. The van der Waals surface area contributed by atoms with E-state index in [4.69, 9.17) is 9.47 Å². The average Bonchev–Trinajstić information content (AvgIpc) is 3.43. The van der Waals surface area contributed by atoms with Gasteiger partial charge in [-0.05, 0) is 67.1 Å². The number of nitrogens with one attached hydrogen (secondary N) is 1. The van der Waals surface area contributed by atoms with E-state index in [9.17, 15) is 8.42 Å². The van der Waals surface area contributed by atoms with Gasteiger partial charge in [0.25, 0.3) is 10.0 Å². The Hall–Kier alpha value is -2.41. The van der Waals surface area contributed by atoms with Crippen molar-refractivity contribution in [1.82, 2.24) is 9.88 Å². The maximum atomic E-state index is 15.6. The molecule has 4 rings (SSSR count). The Labute approximate surface area is 236 Å². The van der Waals surface area contributed by atoms with Crippen LogP contribution in [0.4, 0.5) is 15.2 Å². The predicted octanol–water partition coefficient (Wildman–Crippen LogP) is 5.74. The van der Waals surface area contributed by atoms with Crippen molar-refractivity contribution in [3.05, 3.63) is 57.8 Å². The summed E-state index contributed by atoms with van der Waals surface area (Å²) in [7, 11) is 2.78. The van der Waals surface area contributed by atoms with Crippen LogP contribution in [0.1, 0.15) is 31.2 Å². The summed E-state index contributed by atoms with van der Waals surface area (Å²) in [4.78, 5) is 5.95. The summed E-state index contributed by atoms with van der Waals surface area (Å²) >= 11 is 4.64. The van der Waals surface area contributed by atoms with E-state index in [0.717, 1.165) is 41.3 Å². The molecule has 12 heteroatoms. The number of halogens is 2. The van der Waals surface area contributed by atoms with Crippen LogP contribution in [-0.2, 0) is 16.6 Å². The fraction of sp³-hybridized carbons (Fsp3) is 0.423. The van der Waals surface area contributed by atoms with Crippen LogP contribution in [0.5, 0.6) is 11.5 Å². The Morgan fingerprint density at radius 3 is 2.58 bits per heavy atom. The van der Waals surface area contributed by atoms with E-state index in [1.807, 2.05) is 14.1 Å². The highest BCUT2D eigenvalue weighted by molar-refractivity contribution is 9.10. The smallest absolute Gasteiger partial charge is 0.269 e. The van der Waals surface area contributed by atoms with Crippen LogP contribution in [0.25, 0.3) is 0 Å². The van der Waals surface area contributed by atoms with Crippen molar-refractivity contribution in [3.63, 3.8) is 0 Å². The molecule has 8 nitrogen and oxygen atoms in total. The van der Waals surface area contributed by atoms with Crippen molar-refractivity contribution >= 4 is 48.1 Å². The van der Waals surface area contributed by atoms with Gasteiger partial charge < -0.3 is 19.7 Å². The number of nitrogens with zero attached hydrogens (tertiary/aromatic N) is 3. The molecule has 2 aromatic carbocycles. The van der Waals surface area contributed by atoms with Gasteiger partial charge in [0.1, 0.15) is 22.2 Å². The summed E-state index contributed by atoms with van der Waals surface area (Å²) in [5, 5.41) is 5.34. The Morgan fingerprint density at radius 1 is 1.16 bits per heavy atom. The average molecular weight is 628 g/mol. The number of sulfonamides is 1. The molecule has 0 unspecified atom stereocenters. The molecule has 0 aliphatic heterocycles. The highest BCUT2D eigenvalue weighted by Crippen LogP contribution is 2.36. The second-order valence-electron chi connectivity index (χ2n) is 9.33. The molecule has 2 atom stereocenters. The largest absolute Gasteiger partial charge is 0.497 e. The molecule has 1 aliphatic rings. The van der Waals surface area contributed by atoms with E-state index in [1.165, 1.54) is 32.5 Å². The van der Waals surface area contributed by atoms with Gasteiger partial charge in [-0.2, -0.15) is 0 Å². The first-order chi connectivity index (χ1) is 18.1. The molecule has 1 heterocycles. The fourth-order valence-corrected chi connectivity index (χ4v) is 7.74. The van der Waals surface area contributed by atoms with E-state index in [0.29, 0.717) is 33.3 Å². The normalized spacial score (nSPS) is 17.9. The second kappa shape index (κ2) is 12.2. The molecular weight excluding hydrogens is 595 g/mol. The zero-order chi connectivity index (χ0) is 27.4. The summed E-state index contributed by atoms with van der Waals surface area (Å²) in [5.41, 5.74) is 1.11. The Kier molecular flexibility index (Phi) is 9.17. The number of benzene rings is 2. The number of ether oxygens (including phenoxy) is 2. The molecule has 0 radical (unpaired) electrons. The van der Waals surface area contributed by atoms with E-state index in [1.54, 1.807) is 23.6 Å². The molecule has 1 saturated carbocycles. The van der Waals surface area contributed by atoms with Crippen molar-refractivity contribution in [2.45, 2.75) is 49.2 Å². The highest BCUT2D eigenvalue weighted by atomic mass is 79.9. The standard InChI is InChI=1S/C26H32BrFN4O4S2/c1-31(2)23-8-6-5-7-21(23)30-22-15-20(28)25(14-19(22)27)38(33,34)32(26-29-11-12-37-26)16-17-9-10-18(35-3)13-24(17)36-4/h9-15,21,23,30H,5-8,16H2,1-4H3/t21-,23-/m0/s1. The lowest BCUT2D eigenvalue weighted by atomic mass is 9.89. The van der Waals surface area contributed by atoms with Crippen LogP contribution in [0.2, 0.25) is 0 Å². The summed E-state index contributed by atoms with van der Waals surface area (Å²) in [6, 6.07) is 8.13. The van der Waals surface area contributed by atoms with Crippen LogP contribution in [-0.4, -0.2) is 58.7 Å². The molecule has 1 aromatic heterocycles. The van der Waals surface area contributed by atoms with Crippen molar-refractivity contribution < 1.29 is 22.3 Å². The Balaban J connectivity index is 1.69. The first kappa shape index (κ1) is 28.6. The van der Waals surface area contributed by atoms with Crippen LogP contribution in [0.15, 0.2) is 51.3 Å². The molecule has 1 N–H and O–H groups in total. The number of hydrogen-bond donors (Lipinski definition) is 1. The summed E-state index contributed by atoms with van der Waals surface area (Å²) in [6.07, 6.45) is 5.76. The lowest BCUT2D eigenvalue weighted by Gasteiger charge is -2.37. The third-order valence-corrected chi connectivity index (χ3v) is 10.1. The third-order valence-electron chi connectivity index (χ3n) is 6.76. The van der Waals surface area contributed by atoms with Gasteiger partial charge >= 0.3 is 0 Å². The molecule has 3 aromatic rings. The van der Waals surface area contributed by atoms with Crippen molar-refractivity contribution in [1.29, 1.82) is 0 Å².